The van der Waals surface area contributed by atoms with Crippen molar-refractivity contribution in [2.75, 3.05) is 0 Å². The average Bonchev–Trinajstić information content (AvgIpc) is 3.11. The third kappa shape index (κ3) is 7.64. The summed E-state index contributed by atoms with van der Waals surface area (Å²) in [5, 5.41) is 6.19. The number of rotatable bonds is 7. The van der Waals surface area contributed by atoms with Gasteiger partial charge < -0.3 is 14.5 Å². The van der Waals surface area contributed by atoms with Crippen molar-refractivity contribution in [3.05, 3.63) is 16.6 Å². The topological polar surface area (TPSA) is 60.5 Å². The van der Waals surface area contributed by atoms with Crippen molar-refractivity contribution in [3.63, 3.8) is 0 Å². The van der Waals surface area contributed by atoms with E-state index in [0.717, 1.165) is 11.4 Å². The second-order valence-corrected chi connectivity index (χ2v) is 16.8. The summed E-state index contributed by atoms with van der Waals surface area (Å²) in [5.41, 5.74) is -0.531. The Hall–Kier alpha value is -0.923. The summed E-state index contributed by atoms with van der Waals surface area (Å²) in [7, 11) is -2.08. The van der Waals surface area contributed by atoms with E-state index in [9.17, 15) is 4.79 Å². The highest BCUT2D eigenvalue weighted by Gasteiger charge is 2.43. The van der Waals surface area contributed by atoms with Crippen LogP contribution in [0.2, 0.25) is 18.1 Å². The molecule has 0 spiro atoms. The summed E-state index contributed by atoms with van der Waals surface area (Å²) in [6, 6.07) is -0.150. The minimum absolute atomic E-state index is 0.0732. The zero-order valence-electron chi connectivity index (χ0n) is 20.2. The van der Waals surface area contributed by atoms with Crippen molar-refractivity contribution in [2.45, 2.75) is 116 Å². The highest BCUT2D eigenvalue weighted by Crippen LogP contribution is 2.42. The molecule has 7 heteroatoms. The molecule has 1 heterocycles. The fourth-order valence-corrected chi connectivity index (χ4v) is 5.75. The number of carbonyl (C=O) groups excluding carboxylic acids is 1. The normalized spacial score (nSPS) is 18.7. The number of alkyl carbamates (subject to hydrolysis) is 1. The van der Waals surface area contributed by atoms with Crippen molar-refractivity contribution in [1.82, 2.24) is 10.3 Å². The largest absolute Gasteiger partial charge is 0.444 e. The van der Waals surface area contributed by atoms with Gasteiger partial charge >= 0.3 is 6.09 Å². The van der Waals surface area contributed by atoms with E-state index in [4.69, 9.17) is 9.16 Å². The number of thiazole rings is 1. The van der Waals surface area contributed by atoms with Gasteiger partial charge in [0.2, 0.25) is 0 Å². The van der Waals surface area contributed by atoms with Crippen molar-refractivity contribution in [2.24, 2.45) is 5.92 Å². The minimum Gasteiger partial charge on any atom is -0.444 e. The van der Waals surface area contributed by atoms with Crippen molar-refractivity contribution < 1.29 is 14.0 Å². The number of hydrogen-bond acceptors (Lipinski definition) is 5. The van der Waals surface area contributed by atoms with Crippen LogP contribution in [-0.4, -0.2) is 31.0 Å². The second kappa shape index (κ2) is 10.1. The van der Waals surface area contributed by atoms with Crippen LogP contribution in [0.25, 0.3) is 0 Å². The van der Waals surface area contributed by atoms with Gasteiger partial charge in [-0.1, -0.05) is 52.9 Å². The summed E-state index contributed by atoms with van der Waals surface area (Å²) in [6.45, 7) is 17.0. The maximum absolute atomic E-state index is 12.8. The van der Waals surface area contributed by atoms with E-state index in [2.05, 4.69) is 44.2 Å². The number of nitrogens with one attached hydrogen (secondary N) is 1. The van der Waals surface area contributed by atoms with E-state index in [1.807, 2.05) is 32.3 Å². The molecule has 1 aliphatic carbocycles. The highest BCUT2D eigenvalue weighted by atomic mass is 32.1. The molecular weight excluding hydrogens is 412 g/mol. The summed E-state index contributed by atoms with van der Waals surface area (Å²) >= 11 is 1.61. The van der Waals surface area contributed by atoms with E-state index in [1.165, 1.54) is 32.1 Å². The molecule has 1 N–H and O–H groups in total. The Morgan fingerprint density at radius 3 is 2.33 bits per heavy atom. The fourth-order valence-electron chi connectivity index (χ4n) is 3.67. The lowest BCUT2D eigenvalue weighted by atomic mass is 9.84. The molecule has 1 aromatic heterocycles. The van der Waals surface area contributed by atoms with Gasteiger partial charge in [0.15, 0.2) is 8.32 Å². The summed E-state index contributed by atoms with van der Waals surface area (Å²) < 4.78 is 12.5. The molecule has 2 rings (SSSR count). The number of ether oxygens (including phenoxy) is 1. The maximum Gasteiger partial charge on any atom is 0.407 e. The quantitative estimate of drug-likeness (QED) is 0.448. The molecule has 1 amide bonds. The summed E-state index contributed by atoms with van der Waals surface area (Å²) in [6.07, 6.45) is 8.41. The fraction of sp³-hybridized carbons (Fsp3) is 0.826. The lowest BCUT2D eigenvalue weighted by Crippen LogP contribution is -2.49. The molecule has 0 unspecified atom stereocenters. The van der Waals surface area contributed by atoms with E-state index in [-0.39, 0.29) is 23.3 Å². The zero-order chi connectivity index (χ0) is 22.6. The molecular formula is C23H42N2O3SSi. The van der Waals surface area contributed by atoms with E-state index in [0.29, 0.717) is 5.92 Å². The summed E-state index contributed by atoms with van der Waals surface area (Å²) in [5.74, 6) is 0.601. The standard InChI is InChI=1S/C23H42N2O3SSi/c1-22(2,3)27-21(26)25-18(16-17-12-10-9-11-13-17)19(20-24-14-15-29-20)28-30(7,8)23(4,5)6/h14-15,17-19H,9-13,16H2,1-8H3,(H,25,26)/t18-,19+/m0/s1. The lowest BCUT2D eigenvalue weighted by Gasteiger charge is -2.41. The molecule has 1 fully saturated rings. The predicted octanol–water partition coefficient (Wildman–Crippen LogP) is 7.07. The van der Waals surface area contributed by atoms with Gasteiger partial charge in [-0.3, -0.25) is 0 Å². The maximum atomic E-state index is 12.8. The monoisotopic (exact) mass is 454 g/mol. The van der Waals surface area contributed by atoms with Gasteiger partial charge in [-0.15, -0.1) is 11.3 Å². The zero-order valence-corrected chi connectivity index (χ0v) is 22.0. The van der Waals surface area contributed by atoms with E-state index < -0.39 is 13.9 Å². The molecule has 2 atom stereocenters. The van der Waals surface area contributed by atoms with Gasteiger partial charge in [0, 0.05) is 11.6 Å². The van der Waals surface area contributed by atoms with E-state index >= 15 is 0 Å². The van der Waals surface area contributed by atoms with Crippen molar-refractivity contribution in [1.29, 1.82) is 0 Å². The number of amides is 1. The Balaban J connectivity index is 2.31. The average molecular weight is 455 g/mol. The Morgan fingerprint density at radius 2 is 1.83 bits per heavy atom. The van der Waals surface area contributed by atoms with Crippen LogP contribution >= 0.6 is 11.3 Å². The Kier molecular flexibility index (Phi) is 8.56. The van der Waals surface area contributed by atoms with Gasteiger partial charge in [0.1, 0.15) is 16.7 Å². The van der Waals surface area contributed by atoms with Crippen LogP contribution in [0.5, 0.6) is 0 Å². The Bertz CT molecular complexity index is 659. The third-order valence-corrected chi connectivity index (χ3v) is 11.6. The van der Waals surface area contributed by atoms with Crippen LogP contribution < -0.4 is 5.32 Å². The lowest BCUT2D eigenvalue weighted by molar-refractivity contribution is 0.0404. The molecule has 1 aliphatic rings. The van der Waals surface area contributed by atoms with Gasteiger partial charge in [-0.2, -0.15) is 0 Å². The number of nitrogens with zero attached hydrogens (tertiary/aromatic N) is 1. The van der Waals surface area contributed by atoms with Crippen LogP contribution in [0.4, 0.5) is 4.79 Å². The predicted molar refractivity (Wildman–Crippen MR) is 127 cm³/mol. The van der Waals surface area contributed by atoms with Crippen LogP contribution in [0.1, 0.15) is 91.2 Å². The second-order valence-electron chi connectivity index (χ2n) is 11.2. The molecule has 30 heavy (non-hydrogen) atoms. The van der Waals surface area contributed by atoms with Crippen molar-refractivity contribution >= 4 is 25.7 Å². The van der Waals surface area contributed by atoms with Crippen LogP contribution in [0, 0.1) is 5.92 Å². The molecule has 0 saturated heterocycles. The van der Waals surface area contributed by atoms with E-state index in [1.54, 1.807) is 11.3 Å². The van der Waals surface area contributed by atoms with Crippen LogP contribution in [0.15, 0.2) is 11.6 Å². The Labute approximate surface area is 188 Å². The first-order valence-corrected chi connectivity index (χ1v) is 15.1. The molecule has 0 aromatic carbocycles. The Morgan fingerprint density at radius 1 is 1.20 bits per heavy atom. The third-order valence-electron chi connectivity index (χ3n) is 6.30. The SMILES string of the molecule is CC(C)(C)OC(=O)N[C@@H](CC1CCCCC1)[C@@H](O[Si](C)(C)C(C)(C)C)c1nccs1. The van der Waals surface area contributed by atoms with Crippen LogP contribution in [-0.2, 0) is 9.16 Å². The summed E-state index contributed by atoms with van der Waals surface area (Å²) in [4.78, 5) is 17.4. The van der Waals surface area contributed by atoms with Gasteiger partial charge in [-0.05, 0) is 51.2 Å². The first-order chi connectivity index (χ1) is 13.8. The minimum atomic E-state index is -2.08. The smallest absolute Gasteiger partial charge is 0.407 e. The molecule has 5 nitrogen and oxygen atoms in total. The first kappa shape index (κ1) is 25.3. The van der Waals surface area contributed by atoms with Gasteiger partial charge in [0.05, 0.1) is 6.04 Å². The molecule has 172 valence electrons. The number of carbonyl (C=O) groups is 1. The molecule has 0 bridgehead atoms. The number of aromatic nitrogens is 1. The van der Waals surface area contributed by atoms with Gasteiger partial charge in [0.25, 0.3) is 0 Å². The highest BCUT2D eigenvalue weighted by molar-refractivity contribution is 7.09. The van der Waals surface area contributed by atoms with Gasteiger partial charge in [-0.25, -0.2) is 9.78 Å². The molecule has 1 saturated carbocycles. The molecule has 1 aromatic rings. The van der Waals surface area contributed by atoms with Crippen molar-refractivity contribution in [3.8, 4) is 0 Å². The van der Waals surface area contributed by atoms with Crippen LogP contribution in [0.3, 0.4) is 0 Å². The molecule has 0 aliphatic heterocycles. The first-order valence-electron chi connectivity index (χ1n) is 11.4. The number of hydrogen-bond donors (Lipinski definition) is 1. The molecule has 0 radical (unpaired) electrons.